The summed E-state index contributed by atoms with van der Waals surface area (Å²) < 4.78 is 5.64. The molecule has 1 aromatic heterocycles. The second-order valence-corrected chi connectivity index (χ2v) is 8.33. The fraction of sp³-hybridized carbons (Fsp3) is 0.286. The van der Waals surface area contributed by atoms with Crippen LogP contribution in [0.5, 0.6) is 0 Å². The molecule has 9 heteroatoms. The minimum atomic E-state index is -0.126. The topological polar surface area (TPSA) is 74.5 Å². The standard InChI is InChI=1S/C21H22ClN5O2S/c1-26-10-12-27(13-11-26)18-9-5-4-8-17(18)23-19(28)14-30-21-25-24-20(29-21)15-6-2-3-7-16(15)22/h2-9H,10-14H2,1H3,(H,23,28). The van der Waals surface area contributed by atoms with Crippen molar-refractivity contribution in [1.29, 1.82) is 0 Å². The fourth-order valence-electron chi connectivity index (χ4n) is 3.23. The van der Waals surface area contributed by atoms with Crippen LogP contribution in [0.2, 0.25) is 5.02 Å². The number of nitrogens with zero attached hydrogens (tertiary/aromatic N) is 4. The van der Waals surface area contributed by atoms with Crippen molar-refractivity contribution in [3.63, 3.8) is 0 Å². The van der Waals surface area contributed by atoms with Gasteiger partial charge in [-0.2, -0.15) is 0 Å². The molecule has 2 heterocycles. The molecule has 1 N–H and O–H groups in total. The van der Waals surface area contributed by atoms with Crippen LogP contribution in [0.15, 0.2) is 58.2 Å². The lowest BCUT2D eigenvalue weighted by Gasteiger charge is -2.35. The largest absolute Gasteiger partial charge is 0.411 e. The average Bonchev–Trinajstić information content (AvgIpc) is 3.23. The first kappa shape index (κ1) is 20.7. The zero-order valence-corrected chi connectivity index (χ0v) is 18.1. The third kappa shape index (κ3) is 4.95. The van der Waals surface area contributed by atoms with Gasteiger partial charge in [0.15, 0.2) is 0 Å². The lowest BCUT2D eigenvalue weighted by atomic mass is 10.2. The predicted octanol–water partition coefficient (Wildman–Crippen LogP) is 3.87. The Kier molecular flexibility index (Phi) is 6.56. The van der Waals surface area contributed by atoms with Gasteiger partial charge >= 0.3 is 0 Å². The van der Waals surface area contributed by atoms with Crippen molar-refractivity contribution in [3.05, 3.63) is 53.6 Å². The van der Waals surface area contributed by atoms with Gasteiger partial charge in [0.2, 0.25) is 11.8 Å². The quantitative estimate of drug-likeness (QED) is 0.579. The third-order valence-corrected chi connectivity index (χ3v) is 6.01. The normalized spacial score (nSPS) is 14.7. The number of likely N-dealkylation sites (N-methyl/N-ethyl adjacent to an activating group) is 1. The number of piperazine rings is 1. The highest BCUT2D eigenvalue weighted by atomic mass is 35.5. The molecule has 0 atom stereocenters. The molecule has 3 aromatic rings. The van der Waals surface area contributed by atoms with Crippen LogP contribution < -0.4 is 10.2 Å². The van der Waals surface area contributed by atoms with E-state index in [4.69, 9.17) is 16.0 Å². The van der Waals surface area contributed by atoms with Gasteiger partial charge in [-0.1, -0.05) is 47.6 Å². The molecule has 4 rings (SSSR count). The Morgan fingerprint density at radius 1 is 1.10 bits per heavy atom. The molecule has 1 aliphatic rings. The third-order valence-electron chi connectivity index (χ3n) is 4.86. The van der Waals surface area contributed by atoms with Crippen LogP contribution in [0.25, 0.3) is 11.5 Å². The zero-order valence-electron chi connectivity index (χ0n) is 16.5. The van der Waals surface area contributed by atoms with Crippen LogP contribution in [-0.4, -0.2) is 60.0 Å². The van der Waals surface area contributed by atoms with Gasteiger partial charge in [-0.05, 0) is 31.3 Å². The number of amides is 1. The highest BCUT2D eigenvalue weighted by molar-refractivity contribution is 7.99. The number of para-hydroxylation sites is 2. The summed E-state index contributed by atoms with van der Waals surface area (Å²) in [4.78, 5) is 17.1. The van der Waals surface area contributed by atoms with Crippen molar-refractivity contribution >= 4 is 40.6 Å². The van der Waals surface area contributed by atoms with Gasteiger partial charge in [0, 0.05) is 26.2 Å². The zero-order chi connectivity index (χ0) is 20.9. The number of hydrogen-bond donors (Lipinski definition) is 1. The van der Waals surface area contributed by atoms with Crippen molar-refractivity contribution < 1.29 is 9.21 Å². The number of rotatable bonds is 6. The van der Waals surface area contributed by atoms with E-state index >= 15 is 0 Å². The molecule has 0 aliphatic carbocycles. The van der Waals surface area contributed by atoms with Crippen molar-refractivity contribution in [2.45, 2.75) is 5.22 Å². The van der Waals surface area contributed by atoms with Crippen LogP contribution >= 0.6 is 23.4 Å². The molecule has 1 saturated heterocycles. The summed E-state index contributed by atoms with van der Waals surface area (Å²) in [5.41, 5.74) is 2.53. The molecular formula is C21H22ClN5O2S. The molecule has 2 aromatic carbocycles. The van der Waals surface area contributed by atoms with E-state index < -0.39 is 0 Å². The number of benzene rings is 2. The Morgan fingerprint density at radius 3 is 2.63 bits per heavy atom. The van der Waals surface area contributed by atoms with E-state index in [1.54, 1.807) is 6.07 Å². The van der Waals surface area contributed by atoms with Crippen molar-refractivity contribution in [2.24, 2.45) is 0 Å². The number of carbonyl (C=O) groups is 1. The van der Waals surface area contributed by atoms with E-state index in [0.717, 1.165) is 37.6 Å². The smallest absolute Gasteiger partial charge is 0.277 e. The number of carbonyl (C=O) groups excluding carboxylic acids is 1. The molecule has 0 unspecified atom stereocenters. The summed E-state index contributed by atoms with van der Waals surface area (Å²) in [6.45, 7) is 3.88. The summed E-state index contributed by atoms with van der Waals surface area (Å²) in [6, 6.07) is 15.2. The fourth-order valence-corrected chi connectivity index (χ4v) is 4.01. The van der Waals surface area contributed by atoms with Gasteiger partial charge in [0.25, 0.3) is 5.22 Å². The van der Waals surface area contributed by atoms with Crippen LogP contribution in [0.1, 0.15) is 0 Å². The second-order valence-electron chi connectivity index (χ2n) is 7.00. The lowest BCUT2D eigenvalue weighted by molar-refractivity contribution is -0.113. The summed E-state index contributed by atoms with van der Waals surface area (Å²) in [6.07, 6.45) is 0. The van der Waals surface area contributed by atoms with Gasteiger partial charge in [-0.15, -0.1) is 10.2 Å². The number of aromatic nitrogens is 2. The first-order valence-electron chi connectivity index (χ1n) is 9.64. The molecule has 1 amide bonds. The Labute approximate surface area is 184 Å². The second kappa shape index (κ2) is 9.51. The molecular weight excluding hydrogens is 422 g/mol. The summed E-state index contributed by atoms with van der Waals surface area (Å²) in [7, 11) is 2.12. The SMILES string of the molecule is CN1CCN(c2ccccc2NC(=O)CSc2nnc(-c3ccccc3Cl)o2)CC1. The molecule has 1 fully saturated rings. The van der Waals surface area contributed by atoms with Gasteiger partial charge in [0.05, 0.1) is 27.7 Å². The number of hydrogen-bond acceptors (Lipinski definition) is 7. The highest BCUT2D eigenvalue weighted by Gasteiger charge is 2.18. The van der Waals surface area contributed by atoms with Gasteiger partial charge in [0.1, 0.15) is 0 Å². The van der Waals surface area contributed by atoms with Gasteiger partial charge in [-0.25, -0.2) is 0 Å². The Morgan fingerprint density at radius 2 is 1.83 bits per heavy atom. The molecule has 0 saturated carbocycles. The molecule has 7 nitrogen and oxygen atoms in total. The highest BCUT2D eigenvalue weighted by Crippen LogP contribution is 2.29. The van der Waals surface area contributed by atoms with E-state index in [9.17, 15) is 4.79 Å². The Bertz CT molecular complexity index is 1020. The molecule has 0 radical (unpaired) electrons. The van der Waals surface area contributed by atoms with E-state index in [1.807, 2.05) is 42.5 Å². The maximum atomic E-state index is 12.5. The summed E-state index contributed by atoms with van der Waals surface area (Å²) in [5, 5.41) is 11.9. The van der Waals surface area contributed by atoms with Crippen molar-refractivity contribution in [3.8, 4) is 11.5 Å². The Balaban J connectivity index is 1.37. The molecule has 156 valence electrons. The number of thioether (sulfide) groups is 1. The van der Waals surface area contributed by atoms with E-state index in [0.29, 0.717) is 21.7 Å². The minimum absolute atomic E-state index is 0.126. The number of anilines is 2. The van der Waals surface area contributed by atoms with Gasteiger partial charge < -0.3 is 19.5 Å². The molecule has 0 bridgehead atoms. The maximum Gasteiger partial charge on any atom is 0.277 e. The lowest BCUT2D eigenvalue weighted by Crippen LogP contribution is -2.44. The van der Waals surface area contributed by atoms with Crippen LogP contribution in [0, 0.1) is 0 Å². The Hall–Kier alpha value is -2.55. The van der Waals surface area contributed by atoms with Gasteiger partial charge in [-0.3, -0.25) is 4.79 Å². The molecule has 30 heavy (non-hydrogen) atoms. The minimum Gasteiger partial charge on any atom is -0.411 e. The van der Waals surface area contributed by atoms with Crippen molar-refractivity contribution in [1.82, 2.24) is 15.1 Å². The number of nitrogens with one attached hydrogen (secondary N) is 1. The number of halogens is 1. The molecule has 1 aliphatic heterocycles. The monoisotopic (exact) mass is 443 g/mol. The molecule has 0 spiro atoms. The summed E-state index contributed by atoms with van der Waals surface area (Å²) >= 11 is 7.36. The summed E-state index contributed by atoms with van der Waals surface area (Å²) in [5.74, 6) is 0.379. The van der Waals surface area contributed by atoms with Crippen LogP contribution in [0.3, 0.4) is 0 Å². The first-order valence-corrected chi connectivity index (χ1v) is 11.0. The van der Waals surface area contributed by atoms with Crippen molar-refractivity contribution in [2.75, 3.05) is 49.2 Å². The van der Waals surface area contributed by atoms with Crippen LogP contribution in [0.4, 0.5) is 11.4 Å². The average molecular weight is 444 g/mol. The van der Waals surface area contributed by atoms with E-state index in [1.165, 1.54) is 11.8 Å². The predicted molar refractivity (Wildman–Crippen MR) is 120 cm³/mol. The first-order chi connectivity index (χ1) is 14.6. The van der Waals surface area contributed by atoms with Crippen LogP contribution in [-0.2, 0) is 4.79 Å². The van der Waals surface area contributed by atoms with E-state index in [-0.39, 0.29) is 11.7 Å². The van der Waals surface area contributed by atoms with E-state index in [2.05, 4.69) is 32.4 Å². The maximum absolute atomic E-state index is 12.5.